The molecule has 19 heavy (non-hydrogen) atoms. The quantitative estimate of drug-likeness (QED) is 0.852. The lowest BCUT2D eigenvalue weighted by molar-refractivity contribution is 0.779. The van der Waals surface area contributed by atoms with E-state index in [1.807, 2.05) is 18.2 Å². The molecular weight excluding hydrogens is 256 g/mol. The Hall–Kier alpha value is -1.62. The molecule has 1 aromatic heterocycles. The van der Waals surface area contributed by atoms with Gasteiger partial charge in [0.05, 0.1) is 0 Å². The summed E-state index contributed by atoms with van der Waals surface area (Å²) in [6, 6.07) is 7.98. The fourth-order valence-electron chi connectivity index (χ4n) is 1.82. The van der Waals surface area contributed by atoms with Crippen molar-refractivity contribution in [2.75, 3.05) is 17.2 Å². The maximum absolute atomic E-state index is 5.81. The van der Waals surface area contributed by atoms with Crippen molar-refractivity contribution in [1.82, 2.24) is 9.36 Å². The van der Waals surface area contributed by atoms with E-state index in [0.717, 1.165) is 29.7 Å². The number of hydrogen-bond donors (Lipinski definition) is 1. The number of anilines is 2. The highest BCUT2D eigenvalue weighted by Crippen LogP contribution is 2.23. The normalized spacial score (nSPS) is 10.9. The minimum atomic E-state index is 0.371. The summed E-state index contributed by atoms with van der Waals surface area (Å²) >= 11 is 1.47. The summed E-state index contributed by atoms with van der Waals surface area (Å²) in [4.78, 5) is 6.82. The van der Waals surface area contributed by atoms with E-state index in [0.29, 0.717) is 5.92 Å². The molecule has 0 unspecified atom stereocenters. The van der Waals surface area contributed by atoms with Crippen LogP contribution in [0.25, 0.3) is 0 Å². The van der Waals surface area contributed by atoms with Crippen LogP contribution >= 0.6 is 11.5 Å². The molecule has 0 atom stereocenters. The molecular formula is C14H20N4S. The van der Waals surface area contributed by atoms with E-state index in [-0.39, 0.29) is 0 Å². The van der Waals surface area contributed by atoms with E-state index in [4.69, 9.17) is 5.73 Å². The van der Waals surface area contributed by atoms with Gasteiger partial charge in [-0.15, -0.1) is 0 Å². The Labute approximate surface area is 118 Å². The van der Waals surface area contributed by atoms with Crippen molar-refractivity contribution in [2.24, 2.45) is 0 Å². The third-order valence-electron chi connectivity index (χ3n) is 2.92. The van der Waals surface area contributed by atoms with Crippen LogP contribution in [0.3, 0.4) is 0 Å². The van der Waals surface area contributed by atoms with Crippen molar-refractivity contribution in [1.29, 1.82) is 0 Å². The Bertz CT molecular complexity index is 536. The highest BCUT2D eigenvalue weighted by Gasteiger charge is 2.13. The number of rotatable bonds is 5. The molecule has 0 radical (unpaired) electrons. The van der Waals surface area contributed by atoms with Gasteiger partial charge in [0.15, 0.2) is 0 Å². The smallest absolute Gasteiger partial charge is 0.205 e. The summed E-state index contributed by atoms with van der Waals surface area (Å²) in [6.45, 7) is 8.07. The summed E-state index contributed by atoms with van der Waals surface area (Å²) in [5.74, 6) is 1.29. The van der Waals surface area contributed by atoms with E-state index in [1.54, 1.807) is 0 Å². The fourth-order valence-corrected chi connectivity index (χ4v) is 2.69. The number of aromatic nitrogens is 2. The van der Waals surface area contributed by atoms with E-state index in [2.05, 4.69) is 41.1 Å². The maximum atomic E-state index is 5.81. The van der Waals surface area contributed by atoms with Crippen molar-refractivity contribution in [3.8, 4) is 0 Å². The lowest BCUT2D eigenvalue weighted by Crippen LogP contribution is -2.21. The van der Waals surface area contributed by atoms with Crippen molar-refractivity contribution in [3.63, 3.8) is 0 Å². The molecule has 1 aromatic carbocycles. The first-order valence-electron chi connectivity index (χ1n) is 6.53. The molecule has 0 spiro atoms. The first kappa shape index (κ1) is 13.8. The topological polar surface area (TPSA) is 55.0 Å². The summed E-state index contributed by atoms with van der Waals surface area (Å²) in [5, 5.41) is 0.980. The summed E-state index contributed by atoms with van der Waals surface area (Å²) < 4.78 is 4.41. The van der Waals surface area contributed by atoms with Crippen LogP contribution in [0.4, 0.5) is 10.8 Å². The molecule has 0 bridgehead atoms. The Morgan fingerprint density at radius 3 is 2.74 bits per heavy atom. The van der Waals surface area contributed by atoms with Crippen molar-refractivity contribution in [3.05, 3.63) is 35.7 Å². The van der Waals surface area contributed by atoms with E-state index < -0.39 is 0 Å². The Balaban J connectivity index is 2.15. The van der Waals surface area contributed by atoms with Gasteiger partial charge in [0.25, 0.3) is 0 Å². The number of hydrogen-bond acceptors (Lipinski definition) is 5. The fraction of sp³-hybridized carbons (Fsp3) is 0.429. The second-order valence-electron chi connectivity index (χ2n) is 4.85. The minimum absolute atomic E-state index is 0.371. The van der Waals surface area contributed by atoms with Crippen LogP contribution in [-0.4, -0.2) is 15.9 Å². The molecule has 2 aromatic rings. The Morgan fingerprint density at radius 1 is 1.37 bits per heavy atom. The Kier molecular flexibility index (Phi) is 4.37. The molecule has 0 aliphatic rings. The van der Waals surface area contributed by atoms with Gasteiger partial charge in [-0.1, -0.05) is 26.0 Å². The van der Waals surface area contributed by atoms with Gasteiger partial charge in [-0.3, -0.25) is 0 Å². The van der Waals surface area contributed by atoms with Crippen LogP contribution in [0.5, 0.6) is 0 Å². The number of benzene rings is 1. The van der Waals surface area contributed by atoms with E-state index >= 15 is 0 Å². The van der Waals surface area contributed by atoms with Gasteiger partial charge in [-0.25, -0.2) is 4.98 Å². The molecule has 0 aliphatic heterocycles. The Morgan fingerprint density at radius 2 is 2.16 bits per heavy atom. The third kappa shape index (κ3) is 3.44. The van der Waals surface area contributed by atoms with Crippen molar-refractivity contribution in [2.45, 2.75) is 33.2 Å². The van der Waals surface area contributed by atoms with Crippen LogP contribution in [0, 0.1) is 0 Å². The first-order valence-corrected chi connectivity index (χ1v) is 7.30. The third-order valence-corrected chi connectivity index (χ3v) is 3.72. The first-order chi connectivity index (χ1) is 9.10. The summed E-state index contributed by atoms with van der Waals surface area (Å²) in [6.07, 6.45) is 0. The van der Waals surface area contributed by atoms with Gasteiger partial charge in [0.2, 0.25) is 5.13 Å². The van der Waals surface area contributed by atoms with Crippen LogP contribution in [0.2, 0.25) is 0 Å². The summed E-state index contributed by atoms with van der Waals surface area (Å²) in [7, 11) is 0. The molecule has 0 aliphatic carbocycles. The van der Waals surface area contributed by atoms with E-state index in [9.17, 15) is 0 Å². The average molecular weight is 276 g/mol. The van der Waals surface area contributed by atoms with Crippen LogP contribution in [0.15, 0.2) is 24.3 Å². The van der Waals surface area contributed by atoms with Crippen LogP contribution < -0.4 is 10.6 Å². The number of nitrogens with zero attached hydrogens (tertiary/aromatic N) is 3. The zero-order valence-corrected chi connectivity index (χ0v) is 12.4. The lowest BCUT2D eigenvalue weighted by Gasteiger charge is -2.19. The highest BCUT2D eigenvalue weighted by molar-refractivity contribution is 7.09. The second-order valence-corrected chi connectivity index (χ2v) is 5.58. The standard InChI is InChI=1S/C14H20N4S/c1-4-18(9-11-6-5-7-12(15)8-11)14-16-13(10(2)3)17-19-14/h5-8,10H,4,9,15H2,1-3H3. The molecule has 2 N–H and O–H groups in total. The predicted molar refractivity (Wildman–Crippen MR) is 81.6 cm³/mol. The largest absolute Gasteiger partial charge is 0.399 e. The van der Waals surface area contributed by atoms with E-state index in [1.165, 1.54) is 17.1 Å². The molecule has 1 heterocycles. The second kappa shape index (κ2) is 6.02. The minimum Gasteiger partial charge on any atom is -0.399 e. The van der Waals surface area contributed by atoms with Crippen molar-refractivity contribution >= 4 is 22.4 Å². The molecule has 5 heteroatoms. The average Bonchev–Trinajstić information content (AvgIpc) is 2.85. The van der Waals surface area contributed by atoms with Gasteiger partial charge < -0.3 is 10.6 Å². The molecule has 0 saturated carbocycles. The SMILES string of the molecule is CCN(Cc1cccc(N)c1)c1nc(C(C)C)ns1. The molecule has 4 nitrogen and oxygen atoms in total. The summed E-state index contributed by atoms with van der Waals surface area (Å²) in [5.41, 5.74) is 7.81. The van der Waals surface area contributed by atoms with Gasteiger partial charge >= 0.3 is 0 Å². The molecule has 0 saturated heterocycles. The van der Waals surface area contributed by atoms with Gasteiger partial charge in [0.1, 0.15) is 5.82 Å². The van der Waals surface area contributed by atoms with Gasteiger partial charge in [-0.05, 0) is 24.6 Å². The highest BCUT2D eigenvalue weighted by atomic mass is 32.1. The van der Waals surface area contributed by atoms with Crippen molar-refractivity contribution < 1.29 is 0 Å². The monoisotopic (exact) mass is 276 g/mol. The molecule has 2 rings (SSSR count). The van der Waals surface area contributed by atoms with Gasteiger partial charge in [0, 0.05) is 36.2 Å². The van der Waals surface area contributed by atoms with Crippen LogP contribution in [0.1, 0.15) is 38.1 Å². The number of nitrogen functional groups attached to an aromatic ring is 1. The molecule has 102 valence electrons. The molecule has 0 amide bonds. The number of nitrogens with two attached hydrogens (primary N) is 1. The predicted octanol–water partition coefficient (Wildman–Crippen LogP) is 3.27. The van der Waals surface area contributed by atoms with Gasteiger partial charge in [-0.2, -0.15) is 4.37 Å². The maximum Gasteiger partial charge on any atom is 0.205 e. The zero-order valence-electron chi connectivity index (χ0n) is 11.6. The lowest BCUT2D eigenvalue weighted by atomic mass is 10.2. The zero-order chi connectivity index (χ0) is 13.8. The van der Waals surface area contributed by atoms with Crippen LogP contribution in [-0.2, 0) is 6.54 Å². The molecule has 0 fully saturated rings.